The van der Waals surface area contributed by atoms with Gasteiger partial charge in [0.1, 0.15) is 5.75 Å². The standard InChI is InChI=1S/C24H31N3O5/c1-17(28)26-18-7-5-10-21(15-18)31-14-6-13-25-24(29)27-19-11-12-22(30-2)23(16-19)32-20-8-3-4-9-20/h5,7,10-12,15-16,20H,3-4,6,8-9,13-14H2,1-2H3,(H,26,28)(H2,25,27,29). The Balaban J connectivity index is 1.40. The van der Waals surface area contributed by atoms with Gasteiger partial charge in [0.15, 0.2) is 11.5 Å². The number of urea groups is 1. The number of carbonyl (C=O) groups is 2. The number of benzene rings is 2. The van der Waals surface area contributed by atoms with Crippen LogP contribution in [-0.2, 0) is 4.79 Å². The quantitative estimate of drug-likeness (QED) is 0.470. The summed E-state index contributed by atoms with van der Waals surface area (Å²) < 4.78 is 17.1. The predicted molar refractivity (Wildman–Crippen MR) is 124 cm³/mol. The molecule has 0 aliphatic heterocycles. The molecule has 0 atom stereocenters. The van der Waals surface area contributed by atoms with Crippen LogP contribution in [0, 0.1) is 0 Å². The van der Waals surface area contributed by atoms with Crippen LogP contribution in [-0.4, -0.2) is 38.3 Å². The van der Waals surface area contributed by atoms with Crippen molar-refractivity contribution in [3.63, 3.8) is 0 Å². The molecule has 1 saturated carbocycles. The van der Waals surface area contributed by atoms with Gasteiger partial charge < -0.3 is 30.2 Å². The first-order chi connectivity index (χ1) is 15.5. The first-order valence-corrected chi connectivity index (χ1v) is 10.9. The van der Waals surface area contributed by atoms with E-state index >= 15 is 0 Å². The molecule has 0 bridgehead atoms. The molecule has 0 aromatic heterocycles. The van der Waals surface area contributed by atoms with Crippen molar-refractivity contribution in [2.45, 2.75) is 45.1 Å². The van der Waals surface area contributed by atoms with Crippen LogP contribution in [0.5, 0.6) is 17.2 Å². The van der Waals surface area contributed by atoms with Gasteiger partial charge in [-0.2, -0.15) is 0 Å². The average Bonchev–Trinajstić information content (AvgIpc) is 3.27. The van der Waals surface area contributed by atoms with Crippen LogP contribution < -0.4 is 30.2 Å². The van der Waals surface area contributed by atoms with Crippen LogP contribution in [0.15, 0.2) is 42.5 Å². The lowest BCUT2D eigenvalue weighted by molar-refractivity contribution is -0.114. The Morgan fingerprint density at radius 3 is 2.53 bits per heavy atom. The molecule has 0 saturated heterocycles. The molecule has 3 rings (SSSR count). The highest BCUT2D eigenvalue weighted by Gasteiger charge is 2.19. The van der Waals surface area contributed by atoms with E-state index in [9.17, 15) is 9.59 Å². The number of nitrogens with one attached hydrogen (secondary N) is 3. The molecule has 0 unspecified atom stereocenters. The van der Waals surface area contributed by atoms with Crippen molar-refractivity contribution in [3.05, 3.63) is 42.5 Å². The van der Waals surface area contributed by atoms with E-state index in [1.165, 1.54) is 19.8 Å². The van der Waals surface area contributed by atoms with Gasteiger partial charge in [0.25, 0.3) is 0 Å². The summed E-state index contributed by atoms with van der Waals surface area (Å²) in [5, 5.41) is 8.36. The highest BCUT2D eigenvalue weighted by Crippen LogP contribution is 2.33. The van der Waals surface area contributed by atoms with E-state index in [0.29, 0.717) is 48.2 Å². The molecule has 1 aliphatic carbocycles. The lowest BCUT2D eigenvalue weighted by Gasteiger charge is -2.17. The molecule has 32 heavy (non-hydrogen) atoms. The summed E-state index contributed by atoms with van der Waals surface area (Å²) in [6, 6.07) is 12.3. The van der Waals surface area contributed by atoms with E-state index in [4.69, 9.17) is 14.2 Å². The van der Waals surface area contributed by atoms with Gasteiger partial charge in [-0.25, -0.2) is 4.79 Å². The fraction of sp³-hybridized carbons (Fsp3) is 0.417. The number of hydrogen-bond donors (Lipinski definition) is 3. The fourth-order valence-corrected chi connectivity index (χ4v) is 3.54. The summed E-state index contributed by atoms with van der Waals surface area (Å²) in [7, 11) is 1.61. The number of carbonyl (C=O) groups excluding carboxylic acids is 2. The van der Waals surface area contributed by atoms with Gasteiger partial charge in [0, 0.05) is 37.0 Å². The zero-order valence-electron chi connectivity index (χ0n) is 18.6. The fourth-order valence-electron chi connectivity index (χ4n) is 3.54. The molecule has 2 aromatic rings. The summed E-state index contributed by atoms with van der Waals surface area (Å²) in [6.45, 7) is 2.35. The lowest BCUT2D eigenvalue weighted by Crippen LogP contribution is -2.30. The normalized spacial score (nSPS) is 13.3. The Kier molecular flexibility index (Phi) is 8.60. The van der Waals surface area contributed by atoms with Crippen LogP contribution in [0.1, 0.15) is 39.0 Å². The number of rotatable bonds is 10. The number of hydrogen-bond acceptors (Lipinski definition) is 5. The number of anilines is 2. The second kappa shape index (κ2) is 11.8. The van der Waals surface area contributed by atoms with Crippen molar-refractivity contribution in [1.82, 2.24) is 5.32 Å². The smallest absolute Gasteiger partial charge is 0.319 e. The topological polar surface area (TPSA) is 97.9 Å². The monoisotopic (exact) mass is 441 g/mol. The molecule has 0 heterocycles. The summed E-state index contributed by atoms with van der Waals surface area (Å²) in [4.78, 5) is 23.4. The highest BCUT2D eigenvalue weighted by atomic mass is 16.5. The maximum atomic E-state index is 12.2. The van der Waals surface area contributed by atoms with Gasteiger partial charge in [0.05, 0.1) is 19.8 Å². The molecule has 8 nitrogen and oxygen atoms in total. The average molecular weight is 442 g/mol. The first kappa shape index (κ1) is 23.2. The van der Waals surface area contributed by atoms with Crippen LogP contribution in [0.2, 0.25) is 0 Å². The molecule has 0 spiro atoms. The van der Waals surface area contributed by atoms with E-state index in [1.54, 1.807) is 37.4 Å². The van der Waals surface area contributed by atoms with Crippen LogP contribution >= 0.6 is 0 Å². The van der Waals surface area contributed by atoms with Crippen molar-refractivity contribution >= 4 is 23.3 Å². The Bertz CT molecular complexity index is 912. The Morgan fingerprint density at radius 1 is 1.00 bits per heavy atom. The predicted octanol–water partition coefficient (Wildman–Crippen LogP) is 4.57. The third kappa shape index (κ3) is 7.37. The summed E-state index contributed by atoms with van der Waals surface area (Å²) in [6.07, 6.45) is 5.28. The van der Waals surface area contributed by atoms with Crippen molar-refractivity contribution in [1.29, 1.82) is 0 Å². The molecule has 3 amide bonds. The van der Waals surface area contributed by atoms with Crippen molar-refractivity contribution in [2.24, 2.45) is 0 Å². The maximum Gasteiger partial charge on any atom is 0.319 e. The third-order valence-corrected chi connectivity index (χ3v) is 5.05. The summed E-state index contributed by atoms with van der Waals surface area (Å²) >= 11 is 0. The van der Waals surface area contributed by atoms with Crippen molar-refractivity contribution in [3.8, 4) is 17.2 Å². The van der Waals surface area contributed by atoms with Gasteiger partial charge in [0.2, 0.25) is 5.91 Å². The van der Waals surface area contributed by atoms with Crippen LogP contribution in [0.25, 0.3) is 0 Å². The largest absolute Gasteiger partial charge is 0.493 e. The van der Waals surface area contributed by atoms with Crippen molar-refractivity contribution < 1.29 is 23.8 Å². The summed E-state index contributed by atoms with van der Waals surface area (Å²) in [5.74, 6) is 1.83. The zero-order valence-corrected chi connectivity index (χ0v) is 18.6. The molecule has 2 aromatic carbocycles. The second-order valence-electron chi connectivity index (χ2n) is 7.68. The van der Waals surface area contributed by atoms with E-state index in [2.05, 4.69) is 16.0 Å². The minimum Gasteiger partial charge on any atom is -0.493 e. The Morgan fingerprint density at radius 2 is 1.78 bits per heavy atom. The molecule has 0 radical (unpaired) electrons. The van der Waals surface area contributed by atoms with E-state index < -0.39 is 0 Å². The number of amides is 3. The number of methoxy groups -OCH3 is 1. The van der Waals surface area contributed by atoms with Gasteiger partial charge in [-0.1, -0.05) is 6.07 Å². The van der Waals surface area contributed by atoms with Crippen LogP contribution in [0.4, 0.5) is 16.2 Å². The Labute approximate surface area is 188 Å². The van der Waals surface area contributed by atoms with Crippen LogP contribution in [0.3, 0.4) is 0 Å². The molecule has 8 heteroatoms. The summed E-state index contributed by atoms with van der Waals surface area (Å²) in [5.41, 5.74) is 1.32. The van der Waals surface area contributed by atoms with E-state index in [1.807, 2.05) is 12.1 Å². The third-order valence-electron chi connectivity index (χ3n) is 5.05. The second-order valence-corrected chi connectivity index (χ2v) is 7.68. The minimum atomic E-state index is -0.297. The molecule has 1 fully saturated rings. The minimum absolute atomic E-state index is 0.133. The van der Waals surface area contributed by atoms with Gasteiger partial charge in [-0.15, -0.1) is 0 Å². The lowest BCUT2D eigenvalue weighted by atomic mass is 10.2. The Hall–Kier alpha value is -3.42. The number of ether oxygens (including phenoxy) is 3. The van der Waals surface area contributed by atoms with Crippen molar-refractivity contribution in [2.75, 3.05) is 30.9 Å². The highest BCUT2D eigenvalue weighted by molar-refractivity contribution is 5.89. The molecular weight excluding hydrogens is 410 g/mol. The van der Waals surface area contributed by atoms with E-state index in [0.717, 1.165) is 12.8 Å². The molecule has 1 aliphatic rings. The molecule has 3 N–H and O–H groups in total. The molecule has 172 valence electrons. The van der Waals surface area contributed by atoms with E-state index in [-0.39, 0.29) is 18.0 Å². The van der Waals surface area contributed by atoms with Gasteiger partial charge >= 0.3 is 6.03 Å². The first-order valence-electron chi connectivity index (χ1n) is 10.9. The van der Waals surface area contributed by atoms with Gasteiger partial charge in [-0.3, -0.25) is 4.79 Å². The van der Waals surface area contributed by atoms with Gasteiger partial charge in [-0.05, 0) is 56.4 Å². The SMILES string of the molecule is COc1ccc(NC(=O)NCCCOc2cccc(NC(C)=O)c2)cc1OC1CCCC1. The zero-order chi connectivity index (χ0) is 22.8. The maximum absolute atomic E-state index is 12.2. The molecular formula is C24H31N3O5.